The summed E-state index contributed by atoms with van der Waals surface area (Å²) in [5.74, 6) is -1.08. The summed E-state index contributed by atoms with van der Waals surface area (Å²) in [6, 6.07) is 0. The summed E-state index contributed by atoms with van der Waals surface area (Å²) in [5.41, 5.74) is 0. The Morgan fingerprint density at radius 2 is 1.40 bits per heavy atom. The molecule has 51 valence electrons. The number of hydrogen-bond acceptors (Lipinski definition) is 5. The number of carboxylic acids is 1. The van der Waals surface area contributed by atoms with Gasteiger partial charge in [-0.25, -0.2) is 0 Å². The third kappa shape index (κ3) is 4990. The molecule has 0 saturated carbocycles. The van der Waals surface area contributed by atoms with Crippen LogP contribution >= 0.6 is 0 Å². The van der Waals surface area contributed by atoms with E-state index in [-0.39, 0.29) is 34.7 Å². The van der Waals surface area contributed by atoms with E-state index in [1.165, 1.54) is 0 Å². The second kappa shape index (κ2) is 15.9. The summed E-state index contributed by atoms with van der Waals surface area (Å²) in [6.45, 7) is 0.972. The fourth-order valence-corrected chi connectivity index (χ4v) is 0. The summed E-state index contributed by atoms with van der Waals surface area (Å²) >= 11 is 0. The van der Waals surface area contributed by atoms with Crippen molar-refractivity contribution >= 4 is 23.3 Å². The average molecular weight is 200 g/mol. The second-order valence-corrected chi connectivity index (χ2v) is 0.715. The van der Waals surface area contributed by atoms with Gasteiger partial charge in [0.2, 0.25) is 0 Å². The van der Waals surface area contributed by atoms with Gasteiger partial charge in [-0.05, 0) is 6.92 Å². The van der Waals surface area contributed by atoms with Crippen molar-refractivity contribution in [3.8, 4) is 0 Å². The van der Waals surface area contributed by atoms with E-state index in [9.17, 15) is 0 Å². The Balaban J connectivity index is -0.0000000300. The SMILES string of the molecule is CC(=O)[O-].O=[N+]([O-])[O-].[Al+3].[Cr+3]. The minimum atomic E-state index is -1.75. The van der Waals surface area contributed by atoms with Crippen LogP contribution in [0.25, 0.3) is 0 Å². The van der Waals surface area contributed by atoms with E-state index >= 15 is 0 Å². The summed E-state index contributed by atoms with van der Waals surface area (Å²) in [4.78, 5) is 17.1. The molecule has 0 amide bonds. The first-order chi connectivity index (χ1) is 3.46. The molecule has 0 aliphatic carbocycles. The molecule has 0 aromatic rings. The van der Waals surface area contributed by atoms with Crippen molar-refractivity contribution < 1.29 is 32.3 Å². The molecule has 0 heterocycles. The Hall–Kier alpha value is -0.265. The number of carbonyl (C=O) groups excluding carboxylic acids is 1. The van der Waals surface area contributed by atoms with Gasteiger partial charge in [-0.3, -0.25) is 0 Å². The van der Waals surface area contributed by atoms with Crippen molar-refractivity contribution in [3.05, 3.63) is 15.3 Å². The molecule has 0 saturated heterocycles. The predicted octanol–water partition coefficient (Wildman–Crippen LogP) is -1.87. The van der Waals surface area contributed by atoms with Gasteiger partial charge in [0.25, 0.3) is 0 Å². The molecule has 0 rings (SSSR count). The summed E-state index contributed by atoms with van der Waals surface area (Å²) in [6.07, 6.45) is 0. The van der Waals surface area contributed by atoms with Gasteiger partial charge in [0.15, 0.2) is 0 Å². The Morgan fingerprint density at radius 1 is 1.40 bits per heavy atom. The molecular formula is C2H3AlCrNO5+4. The van der Waals surface area contributed by atoms with Crippen LogP contribution in [0.4, 0.5) is 0 Å². The van der Waals surface area contributed by atoms with Gasteiger partial charge in [0.05, 0.1) is 5.09 Å². The van der Waals surface area contributed by atoms with Gasteiger partial charge >= 0.3 is 34.7 Å². The zero-order valence-electron chi connectivity index (χ0n) is 4.97. The molecule has 0 fully saturated rings. The topological polar surface area (TPSA) is 106 Å². The molecule has 0 aromatic carbocycles. The molecule has 0 spiro atoms. The fraction of sp³-hybridized carbons (Fsp3) is 0.500. The van der Waals surface area contributed by atoms with Crippen molar-refractivity contribution in [3.63, 3.8) is 0 Å². The number of rotatable bonds is 0. The van der Waals surface area contributed by atoms with Gasteiger partial charge in [-0.1, -0.05) is 0 Å². The zero-order chi connectivity index (χ0) is 7.15. The van der Waals surface area contributed by atoms with Crippen LogP contribution in [-0.4, -0.2) is 28.4 Å². The first-order valence-electron chi connectivity index (χ1n) is 1.46. The minimum Gasteiger partial charge on any atom is -0.550 e. The van der Waals surface area contributed by atoms with Gasteiger partial charge in [0, 0.05) is 5.97 Å². The number of hydrogen-bond donors (Lipinski definition) is 0. The van der Waals surface area contributed by atoms with E-state index in [0.29, 0.717) is 0 Å². The van der Waals surface area contributed by atoms with Crippen LogP contribution in [0.1, 0.15) is 6.92 Å². The van der Waals surface area contributed by atoms with E-state index in [1.807, 2.05) is 0 Å². The van der Waals surface area contributed by atoms with Crippen LogP contribution in [0.5, 0.6) is 0 Å². The molecule has 0 bridgehead atoms. The third-order valence-corrected chi connectivity index (χ3v) is 0. The fourth-order valence-electron chi connectivity index (χ4n) is 0. The van der Waals surface area contributed by atoms with E-state index in [1.54, 1.807) is 0 Å². The Morgan fingerprint density at radius 3 is 1.40 bits per heavy atom. The normalized spacial score (nSPS) is 4.90. The molecule has 0 aliphatic heterocycles. The smallest absolute Gasteiger partial charge is 0.550 e. The number of nitrogens with zero attached hydrogens (tertiary/aromatic N) is 1. The Labute approximate surface area is 78.2 Å². The first kappa shape index (κ1) is 22.6. The molecule has 0 N–H and O–H groups in total. The maximum absolute atomic E-state index is 8.89. The molecule has 0 atom stereocenters. The van der Waals surface area contributed by atoms with Gasteiger partial charge in [-0.2, -0.15) is 0 Å². The van der Waals surface area contributed by atoms with Crippen LogP contribution < -0.4 is 5.11 Å². The van der Waals surface area contributed by atoms with Crippen molar-refractivity contribution in [1.29, 1.82) is 0 Å². The number of carbonyl (C=O) groups is 1. The third-order valence-electron chi connectivity index (χ3n) is 0. The Bertz CT molecular complexity index is 77.6. The van der Waals surface area contributed by atoms with Crippen LogP contribution in [0, 0.1) is 15.3 Å². The number of carboxylic acid groups (broad SMARTS) is 1. The summed E-state index contributed by atoms with van der Waals surface area (Å²) in [5, 5.41) is 23.6. The Kier molecular flexibility index (Phi) is 35.9. The van der Waals surface area contributed by atoms with E-state index in [4.69, 9.17) is 25.2 Å². The number of aliphatic carboxylic acids is 1. The van der Waals surface area contributed by atoms with Crippen LogP contribution in [0.15, 0.2) is 0 Å². The average Bonchev–Trinajstić information content (AvgIpc) is 1.25. The molecule has 0 aliphatic rings. The monoisotopic (exact) mass is 200 g/mol. The standard InChI is InChI=1S/C2H4O2.Al.Cr.NO3/c1-2(3)4;;;2-1(3)4/h1H3,(H,3,4);;;/q;2*+3;-1/p-1. The van der Waals surface area contributed by atoms with E-state index < -0.39 is 11.1 Å². The van der Waals surface area contributed by atoms with Crippen LogP contribution in [0.3, 0.4) is 0 Å². The van der Waals surface area contributed by atoms with Gasteiger partial charge < -0.3 is 25.2 Å². The largest absolute Gasteiger partial charge is 3.00 e. The maximum Gasteiger partial charge on any atom is 3.00 e. The van der Waals surface area contributed by atoms with Gasteiger partial charge in [-0.15, -0.1) is 0 Å². The zero-order valence-corrected chi connectivity index (χ0v) is 7.40. The van der Waals surface area contributed by atoms with Crippen LogP contribution in [-0.2, 0) is 22.2 Å². The van der Waals surface area contributed by atoms with Gasteiger partial charge in [0.1, 0.15) is 0 Å². The maximum atomic E-state index is 8.89. The summed E-state index contributed by atoms with van der Waals surface area (Å²) in [7, 11) is 0. The molecule has 1 radical (unpaired) electrons. The quantitative estimate of drug-likeness (QED) is 0.258. The summed E-state index contributed by atoms with van der Waals surface area (Å²) < 4.78 is 0. The molecule has 6 nitrogen and oxygen atoms in total. The van der Waals surface area contributed by atoms with Crippen LogP contribution in [0.2, 0.25) is 0 Å². The van der Waals surface area contributed by atoms with Crippen molar-refractivity contribution in [1.82, 2.24) is 0 Å². The molecule has 0 aromatic heterocycles. The predicted molar refractivity (Wildman–Crippen MR) is 26.8 cm³/mol. The second-order valence-electron chi connectivity index (χ2n) is 0.715. The molecule has 0 unspecified atom stereocenters. The van der Waals surface area contributed by atoms with Crippen molar-refractivity contribution in [2.24, 2.45) is 0 Å². The molecule has 10 heavy (non-hydrogen) atoms. The van der Waals surface area contributed by atoms with E-state index in [2.05, 4.69) is 0 Å². The minimum absolute atomic E-state index is 0. The molecular weight excluding hydrogens is 197 g/mol. The first-order valence-corrected chi connectivity index (χ1v) is 1.46. The van der Waals surface area contributed by atoms with E-state index in [0.717, 1.165) is 6.92 Å². The van der Waals surface area contributed by atoms with Crippen molar-refractivity contribution in [2.75, 3.05) is 0 Å². The van der Waals surface area contributed by atoms with Crippen molar-refractivity contribution in [2.45, 2.75) is 6.92 Å². The molecule has 8 heteroatoms.